The van der Waals surface area contributed by atoms with Gasteiger partial charge in [0.1, 0.15) is 0 Å². The SMILES string of the molecule is CCC(CCS)SCC(C)(C)C. The van der Waals surface area contributed by atoms with Crippen LogP contribution in [-0.4, -0.2) is 16.8 Å². The smallest absolute Gasteiger partial charge is 0.00523 e. The fraction of sp³-hybridized carbons (Fsp3) is 1.00. The fourth-order valence-electron chi connectivity index (χ4n) is 0.917. The van der Waals surface area contributed by atoms with Crippen LogP contribution in [0, 0.1) is 5.41 Å². The van der Waals surface area contributed by atoms with Crippen molar-refractivity contribution in [2.45, 2.75) is 45.8 Å². The van der Waals surface area contributed by atoms with Crippen molar-refractivity contribution in [3.63, 3.8) is 0 Å². The molecule has 74 valence electrons. The maximum atomic E-state index is 4.27. The van der Waals surface area contributed by atoms with E-state index in [1.807, 2.05) is 0 Å². The molecule has 0 fully saturated rings. The van der Waals surface area contributed by atoms with E-state index in [0.717, 1.165) is 11.0 Å². The molecule has 12 heavy (non-hydrogen) atoms. The molecule has 0 saturated carbocycles. The molecule has 0 aromatic heterocycles. The van der Waals surface area contributed by atoms with Crippen molar-refractivity contribution >= 4 is 24.4 Å². The molecule has 0 aliphatic carbocycles. The van der Waals surface area contributed by atoms with Crippen molar-refractivity contribution in [1.82, 2.24) is 0 Å². The van der Waals surface area contributed by atoms with E-state index in [0.29, 0.717) is 5.41 Å². The molecule has 0 saturated heterocycles. The van der Waals surface area contributed by atoms with E-state index < -0.39 is 0 Å². The van der Waals surface area contributed by atoms with Crippen LogP contribution in [0.1, 0.15) is 40.5 Å². The Labute approximate surface area is 87.3 Å². The summed E-state index contributed by atoms with van der Waals surface area (Å²) in [6, 6.07) is 0. The Balaban J connectivity index is 3.58. The molecule has 0 nitrogen and oxygen atoms in total. The molecule has 2 heteroatoms. The highest BCUT2D eigenvalue weighted by Crippen LogP contribution is 2.26. The zero-order valence-corrected chi connectivity index (χ0v) is 10.5. The predicted molar refractivity (Wildman–Crippen MR) is 64.5 cm³/mol. The van der Waals surface area contributed by atoms with Gasteiger partial charge in [-0.25, -0.2) is 0 Å². The molecule has 0 spiro atoms. The first kappa shape index (κ1) is 12.7. The van der Waals surface area contributed by atoms with E-state index >= 15 is 0 Å². The molecule has 0 aliphatic rings. The second-order valence-electron chi connectivity index (χ2n) is 4.41. The molecular formula is C10H22S2. The minimum atomic E-state index is 0.467. The quantitative estimate of drug-likeness (QED) is 0.666. The first-order valence-corrected chi connectivity index (χ1v) is 6.40. The van der Waals surface area contributed by atoms with Gasteiger partial charge in [0.15, 0.2) is 0 Å². The van der Waals surface area contributed by atoms with Gasteiger partial charge in [-0.2, -0.15) is 24.4 Å². The predicted octanol–water partition coefficient (Wildman–Crippen LogP) is 3.86. The first-order valence-electron chi connectivity index (χ1n) is 4.72. The molecule has 0 aromatic carbocycles. The molecule has 1 atom stereocenters. The van der Waals surface area contributed by atoms with Crippen molar-refractivity contribution in [2.24, 2.45) is 5.41 Å². The van der Waals surface area contributed by atoms with Gasteiger partial charge in [-0.1, -0.05) is 27.7 Å². The fourth-order valence-corrected chi connectivity index (χ4v) is 2.66. The van der Waals surface area contributed by atoms with E-state index in [1.165, 1.54) is 18.6 Å². The van der Waals surface area contributed by atoms with Crippen LogP contribution in [0.4, 0.5) is 0 Å². The number of hydrogen-bond acceptors (Lipinski definition) is 2. The van der Waals surface area contributed by atoms with Crippen molar-refractivity contribution < 1.29 is 0 Å². The van der Waals surface area contributed by atoms with Crippen molar-refractivity contribution in [2.75, 3.05) is 11.5 Å². The largest absolute Gasteiger partial charge is 0.179 e. The van der Waals surface area contributed by atoms with Crippen LogP contribution in [0.3, 0.4) is 0 Å². The van der Waals surface area contributed by atoms with Crippen LogP contribution in [0.5, 0.6) is 0 Å². The normalized spacial score (nSPS) is 14.8. The Morgan fingerprint density at radius 1 is 1.33 bits per heavy atom. The Morgan fingerprint density at radius 2 is 1.92 bits per heavy atom. The van der Waals surface area contributed by atoms with Gasteiger partial charge in [0.25, 0.3) is 0 Å². The van der Waals surface area contributed by atoms with Gasteiger partial charge in [0.2, 0.25) is 0 Å². The minimum Gasteiger partial charge on any atom is -0.179 e. The van der Waals surface area contributed by atoms with Crippen LogP contribution in [0.2, 0.25) is 0 Å². The molecule has 0 rings (SSSR count). The number of hydrogen-bond donors (Lipinski definition) is 1. The van der Waals surface area contributed by atoms with Crippen LogP contribution >= 0.6 is 24.4 Å². The van der Waals surface area contributed by atoms with E-state index in [1.54, 1.807) is 0 Å². The standard InChI is InChI=1S/C10H22S2/c1-5-9(6-7-11)12-8-10(2,3)4/h9,11H,5-8H2,1-4H3. The number of thiol groups is 1. The van der Waals surface area contributed by atoms with Crippen molar-refractivity contribution in [1.29, 1.82) is 0 Å². The third kappa shape index (κ3) is 7.35. The number of thioether (sulfide) groups is 1. The van der Waals surface area contributed by atoms with Gasteiger partial charge in [0, 0.05) is 5.25 Å². The third-order valence-corrected chi connectivity index (χ3v) is 3.99. The lowest BCUT2D eigenvalue weighted by molar-refractivity contribution is 0.479. The summed E-state index contributed by atoms with van der Waals surface area (Å²) in [6.45, 7) is 9.16. The summed E-state index contributed by atoms with van der Waals surface area (Å²) in [5.74, 6) is 2.29. The summed E-state index contributed by atoms with van der Waals surface area (Å²) >= 11 is 6.37. The first-order chi connectivity index (χ1) is 5.49. The van der Waals surface area contributed by atoms with Crippen molar-refractivity contribution in [3.8, 4) is 0 Å². The molecule has 1 unspecified atom stereocenters. The molecule has 0 heterocycles. The average Bonchev–Trinajstić information content (AvgIpc) is 1.96. The van der Waals surface area contributed by atoms with Crippen LogP contribution < -0.4 is 0 Å². The van der Waals surface area contributed by atoms with E-state index in [4.69, 9.17) is 0 Å². The molecule has 0 amide bonds. The van der Waals surface area contributed by atoms with Crippen LogP contribution in [-0.2, 0) is 0 Å². The molecule has 0 bridgehead atoms. The zero-order valence-electron chi connectivity index (χ0n) is 8.76. The molecular weight excluding hydrogens is 184 g/mol. The zero-order chi connectivity index (χ0) is 9.61. The summed E-state index contributed by atoms with van der Waals surface area (Å²) in [7, 11) is 0. The Bertz CT molecular complexity index is 105. The van der Waals surface area contributed by atoms with Crippen LogP contribution in [0.25, 0.3) is 0 Å². The monoisotopic (exact) mass is 206 g/mol. The third-order valence-electron chi connectivity index (χ3n) is 1.66. The van der Waals surface area contributed by atoms with E-state index in [9.17, 15) is 0 Å². The molecule has 0 aromatic rings. The molecule has 0 aliphatic heterocycles. The summed E-state index contributed by atoms with van der Waals surface area (Å²) in [5, 5.41) is 0.821. The lowest BCUT2D eigenvalue weighted by Gasteiger charge is -2.21. The van der Waals surface area contributed by atoms with Gasteiger partial charge < -0.3 is 0 Å². The van der Waals surface area contributed by atoms with Gasteiger partial charge in [-0.15, -0.1) is 0 Å². The average molecular weight is 206 g/mol. The highest BCUT2D eigenvalue weighted by Gasteiger charge is 2.13. The van der Waals surface area contributed by atoms with E-state index in [2.05, 4.69) is 52.1 Å². The second-order valence-corrected chi connectivity index (χ2v) is 6.15. The highest BCUT2D eigenvalue weighted by molar-refractivity contribution is 7.99. The second kappa shape index (κ2) is 6.20. The van der Waals surface area contributed by atoms with Gasteiger partial charge >= 0.3 is 0 Å². The molecule has 0 N–H and O–H groups in total. The maximum absolute atomic E-state index is 4.27. The number of rotatable bonds is 5. The van der Waals surface area contributed by atoms with Gasteiger partial charge in [-0.05, 0) is 29.8 Å². The summed E-state index contributed by atoms with van der Waals surface area (Å²) in [4.78, 5) is 0. The lowest BCUT2D eigenvalue weighted by atomic mass is 10.0. The highest BCUT2D eigenvalue weighted by atomic mass is 32.2. The summed E-state index contributed by atoms with van der Waals surface area (Å²) < 4.78 is 0. The molecule has 0 radical (unpaired) electrons. The van der Waals surface area contributed by atoms with Crippen molar-refractivity contribution in [3.05, 3.63) is 0 Å². The Hall–Kier alpha value is 0.700. The van der Waals surface area contributed by atoms with E-state index in [-0.39, 0.29) is 0 Å². The minimum absolute atomic E-state index is 0.467. The Morgan fingerprint density at radius 3 is 2.25 bits per heavy atom. The summed E-state index contributed by atoms with van der Waals surface area (Å²) in [5.41, 5.74) is 0.467. The van der Waals surface area contributed by atoms with Gasteiger partial charge in [0.05, 0.1) is 0 Å². The maximum Gasteiger partial charge on any atom is 0.00523 e. The summed E-state index contributed by atoms with van der Waals surface area (Å²) in [6.07, 6.45) is 2.53. The van der Waals surface area contributed by atoms with Crippen LogP contribution in [0.15, 0.2) is 0 Å². The Kier molecular flexibility index (Phi) is 6.56. The lowest BCUT2D eigenvalue weighted by Crippen LogP contribution is -2.13. The topological polar surface area (TPSA) is 0 Å². The van der Waals surface area contributed by atoms with Gasteiger partial charge in [-0.3, -0.25) is 0 Å².